The molecule has 7 nitrogen and oxygen atoms in total. The van der Waals surface area contributed by atoms with Crippen LogP contribution in [0.5, 0.6) is 0 Å². The van der Waals surface area contributed by atoms with Crippen LogP contribution in [-0.4, -0.2) is 39.0 Å². The molecule has 1 saturated heterocycles. The van der Waals surface area contributed by atoms with Crippen LogP contribution in [0.1, 0.15) is 37.6 Å². The van der Waals surface area contributed by atoms with Crippen molar-refractivity contribution in [2.75, 3.05) is 18.4 Å². The number of amides is 1. The molecule has 0 aliphatic carbocycles. The number of halogens is 1. The van der Waals surface area contributed by atoms with E-state index in [1.807, 2.05) is 12.3 Å². The molecule has 3 rings (SSSR count). The van der Waals surface area contributed by atoms with Gasteiger partial charge in [0.25, 0.3) is 5.91 Å². The molecule has 0 saturated carbocycles. The zero-order valence-electron chi connectivity index (χ0n) is 13.2. The molecule has 2 aromatic heterocycles. The Hall–Kier alpha value is -1.51. The Balaban J connectivity index is 0.00000192. The number of carbonyl (C=O) groups excluding carboxylic acids is 1. The van der Waals surface area contributed by atoms with Gasteiger partial charge in [0.05, 0.1) is 0 Å². The molecule has 3 heterocycles. The lowest BCUT2D eigenvalue weighted by molar-refractivity contribution is -0.126. The maximum absolute atomic E-state index is 12.9. The monoisotopic (exact) mass is 356 g/mol. The molecule has 0 radical (unpaired) electrons. The van der Waals surface area contributed by atoms with Gasteiger partial charge in [0.15, 0.2) is 0 Å². The van der Waals surface area contributed by atoms with Crippen molar-refractivity contribution in [2.24, 2.45) is 0 Å². The summed E-state index contributed by atoms with van der Waals surface area (Å²) in [5, 5.41) is 20.2. The third-order valence-electron chi connectivity index (χ3n) is 3.95. The van der Waals surface area contributed by atoms with Crippen molar-refractivity contribution in [3.05, 3.63) is 23.5 Å². The second-order valence-corrected chi connectivity index (χ2v) is 6.80. The van der Waals surface area contributed by atoms with E-state index in [1.165, 1.54) is 11.3 Å². The molecule has 0 spiro atoms. The standard InChI is InChI=1S/C14H20N6OS.ClH/c1-10(2)11-18-19-13(22-11)17-12(21)14(4-7-15-8-5-14)20-9-3-6-16-20;/h3,6,9-10,15H,4-5,7-8H2,1-2H3,(H,17,19,21);1H. The van der Waals surface area contributed by atoms with Crippen LogP contribution in [0.15, 0.2) is 18.5 Å². The number of hydrogen-bond acceptors (Lipinski definition) is 6. The van der Waals surface area contributed by atoms with E-state index in [0.717, 1.165) is 18.1 Å². The Morgan fingerprint density at radius 3 is 2.70 bits per heavy atom. The highest BCUT2D eigenvalue weighted by Crippen LogP contribution is 2.30. The third kappa shape index (κ3) is 3.54. The van der Waals surface area contributed by atoms with Gasteiger partial charge in [-0.2, -0.15) is 5.10 Å². The molecule has 2 N–H and O–H groups in total. The number of aromatic nitrogens is 4. The summed E-state index contributed by atoms with van der Waals surface area (Å²) in [5.41, 5.74) is -0.654. The molecule has 0 atom stereocenters. The van der Waals surface area contributed by atoms with Gasteiger partial charge in [-0.3, -0.25) is 14.8 Å². The Morgan fingerprint density at radius 2 is 2.13 bits per heavy atom. The highest BCUT2D eigenvalue weighted by molar-refractivity contribution is 7.15. The molecule has 1 fully saturated rings. The summed E-state index contributed by atoms with van der Waals surface area (Å²) < 4.78 is 1.77. The Labute approximate surface area is 145 Å². The molecule has 0 bridgehead atoms. The van der Waals surface area contributed by atoms with E-state index in [1.54, 1.807) is 10.9 Å². The second kappa shape index (κ2) is 7.37. The van der Waals surface area contributed by atoms with E-state index >= 15 is 0 Å². The summed E-state index contributed by atoms with van der Waals surface area (Å²) in [4.78, 5) is 12.9. The van der Waals surface area contributed by atoms with Crippen LogP contribution in [0.4, 0.5) is 5.13 Å². The number of carbonyl (C=O) groups is 1. The van der Waals surface area contributed by atoms with Gasteiger partial charge in [0, 0.05) is 18.3 Å². The fourth-order valence-electron chi connectivity index (χ4n) is 2.65. The molecule has 1 aliphatic rings. The quantitative estimate of drug-likeness (QED) is 0.875. The summed E-state index contributed by atoms with van der Waals surface area (Å²) in [6, 6.07) is 1.85. The van der Waals surface area contributed by atoms with E-state index in [2.05, 4.69) is 39.8 Å². The summed E-state index contributed by atoms with van der Waals surface area (Å²) >= 11 is 1.43. The topological polar surface area (TPSA) is 84.7 Å². The van der Waals surface area contributed by atoms with Crippen molar-refractivity contribution >= 4 is 34.8 Å². The fraction of sp³-hybridized carbons (Fsp3) is 0.571. The van der Waals surface area contributed by atoms with Gasteiger partial charge in [-0.25, -0.2) is 0 Å². The van der Waals surface area contributed by atoms with Gasteiger partial charge in [-0.15, -0.1) is 22.6 Å². The Bertz CT molecular complexity index is 635. The minimum absolute atomic E-state index is 0. The first-order valence-corrected chi connectivity index (χ1v) is 8.29. The number of piperidine rings is 1. The van der Waals surface area contributed by atoms with Crippen molar-refractivity contribution in [2.45, 2.75) is 38.1 Å². The Kier molecular flexibility index (Phi) is 5.72. The predicted molar refractivity (Wildman–Crippen MR) is 92.2 cm³/mol. The smallest absolute Gasteiger partial charge is 0.254 e. The van der Waals surface area contributed by atoms with Crippen LogP contribution in [0.25, 0.3) is 0 Å². The molecule has 23 heavy (non-hydrogen) atoms. The van der Waals surface area contributed by atoms with Crippen molar-refractivity contribution in [3.63, 3.8) is 0 Å². The van der Waals surface area contributed by atoms with Gasteiger partial charge in [0.1, 0.15) is 10.5 Å². The largest absolute Gasteiger partial charge is 0.317 e. The van der Waals surface area contributed by atoms with Crippen LogP contribution in [0.3, 0.4) is 0 Å². The van der Waals surface area contributed by atoms with Crippen LogP contribution in [0, 0.1) is 0 Å². The second-order valence-electron chi connectivity index (χ2n) is 5.79. The summed E-state index contributed by atoms with van der Waals surface area (Å²) in [6.07, 6.45) is 4.97. The van der Waals surface area contributed by atoms with Crippen molar-refractivity contribution < 1.29 is 4.79 Å². The van der Waals surface area contributed by atoms with Crippen LogP contribution in [0.2, 0.25) is 0 Å². The maximum atomic E-state index is 12.9. The van der Waals surface area contributed by atoms with E-state index < -0.39 is 5.54 Å². The van der Waals surface area contributed by atoms with Gasteiger partial charge in [-0.05, 0) is 32.0 Å². The molecular formula is C14H21ClN6OS. The van der Waals surface area contributed by atoms with E-state index in [9.17, 15) is 4.79 Å². The van der Waals surface area contributed by atoms with Crippen molar-refractivity contribution in [3.8, 4) is 0 Å². The average Bonchev–Trinajstić information content (AvgIpc) is 3.19. The number of anilines is 1. The number of nitrogens with one attached hydrogen (secondary N) is 2. The number of hydrogen-bond donors (Lipinski definition) is 2. The summed E-state index contributed by atoms with van der Waals surface area (Å²) in [5.74, 6) is 0.242. The van der Waals surface area contributed by atoms with Crippen molar-refractivity contribution in [1.82, 2.24) is 25.3 Å². The van der Waals surface area contributed by atoms with Gasteiger partial charge in [0.2, 0.25) is 5.13 Å². The highest BCUT2D eigenvalue weighted by Gasteiger charge is 2.42. The number of rotatable bonds is 4. The molecular weight excluding hydrogens is 336 g/mol. The summed E-state index contributed by atoms with van der Waals surface area (Å²) in [6.45, 7) is 5.70. The molecule has 0 unspecified atom stereocenters. The normalized spacial score (nSPS) is 16.8. The molecule has 2 aromatic rings. The first kappa shape index (κ1) is 17.8. The molecule has 9 heteroatoms. The van der Waals surface area contributed by atoms with Crippen LogP contribution < -0.4 is 10.6 Å². The first-order chi connectivity index (χ1) is 10.6. The number of nitrogens with zero attached hydrogens (tertiary/aromatic N) is 4. The zero-order chi connectivity index (χ0) is 15.6. The first-order valence-electron chi connectivity index (χ1n) is 7.47. The van der Waals surface area contributed by atoms with Crippen LogP contribution in [-0.2, 0) is 10.3 Å². The lowest BCUT2D eigenvalue weighted by atomic mass is 9.87. The highest BCUT2D eigenvalue weighted by atomic mass is 35.5. The van der Waals surface area contributed by atoms with Gasteiger partial charge < -0.3 is 5.32 Å². The maximum Gasteiger partial charge on any atom is 0.254 e. The molecule has 1 aliphatic heterocycles. The van der Waals surface area contributed by atoms with E-state index in [-0.39, 0.29) is 18.3 Å². The third-order valence-corrected chi connectivity index (χ3v) is 5.09. The zero-order valence-corrected chi connectivity index (χ0v) is 14.8. The minimum atomic E-state index is -0.654. The summed E-state index contributed by atoms with van der Waals surface area (Å²) in [7, 11) is 0. The predicted octanol–water partition coefficient (Wildman–Crippen LogP) is 2.00. The lowest BCUT2D eigenvalue weighted by Gasteiger charge is -2.36. The fourth-order valence-corrected chi connectivity index (χ4v) is 3.40. The molecule has 1 amide bonds. The SMILES string of the molecule is CC(C)c1nnc(NC(=O)C2(n3cccn3)CCNCC2)s1.Cl. The minimum Gasteiger partial charge on any atom is -0.317 e. The lowest BCUT2D eigenvalue weighted by Crippen LogP contribution is -2.52. The van der Waals surface area contributed by atoms with Gasteiger partial charge in [-0.1, -0.05) is 25.2 Å². The molecule has 0 aromatic carbocycles. The van der Waals surface area contributed by atoms with Crippen molar-refractivity contribution in [1.29, 1.82) is 0 Å². The molecule has 126 valence electrons. The van der Waals surface area contributed by atoms with E-state index in [0.29, 0.717) is 23.9 Å². The van der Waals surface area contributed by atoms with Gasteiger partial charge >= 0.3 is 0 Å². The Morgan fingerprint density at radius 1 is 1.39 bits per heavy atom. The average molecular weight is 357 g/mol. The van der Waals surface area contributed by atoms with E-state index in [4.69, 9.17) is 0 Å². The van der Waals surface area contributed by atoms with Crippen LogP contribution >= 0.6 is 23.7 Å².